The van der Waals surface area contributed by atoms with E-state index >= 15 is 0 Å². The Morgan fingerprint density at radius 1 is 0.784 bits per heavy atom. The number of carbonyl (C=O) groups is 6. The fourth-order valence-electron chi connectivity index (χ4n) is 3.23. The van der Waals surface area contributed by atoms with Gasteiger partial charge in [0.25, 0.3) is 0 Å². The summed E-state index contributed by atoms with van der Waals surface area (Å²) in [5.74, 6) is -3.68. The van der Waals surface area contributed by atoms with E-state index in [0.717, 1.165) is 11.1 Å². The van der Waals surface area contributed by atoms with Crippen LogP contribution in [0, 0.1) is 0 Å². The van der Waals surface area contributed by atoms with Gasteiger partial charge in [0.2, 0.25) is 0 Å². The number of Topliss-reactive ketones (excluding diaryl/α,β-unsaturated/α-hetero) is 1. The molecule has 0 atom stereocenters. The summed E-state index contributed by atoms with van der Waals surface area (Å²) < 4.78 is 17.3. The number of cyclic esters (lactones) is 2. The smallest absolute Gasteiger partial charge is 0.346 e. The molecule has 2 aliphatic rings. The SMILES string of the molecule is COC(=O)C1=C(O)c2ccccc2CC1=O.COC(=O)CC(=O)OC.O=C1Cc2ccccc2C(=O)O1. The number of methoxy groups -OCH3 is 3. The van der Waals surface area contributed by atoms with E-state index in [2.05, 4.69) is 18.9 Å². The van der Waals surface area contributed by atoms with Gasteiger partial charge in [0.15, 0.2) is 5.78 Å². The van der Waals surface area contributed by atoms with Gasteiger partial charge in [-0.05, 0) is 17.2 Å². The molecule has 2 aromatic rings. The van der Waals surface area contributed by atoms with Crippen molar-refractivity contribution in [2.24, 2.45) is 0 Å². The summed E-state index contributed by atoms with van der Waals surface area (Å²) in [6, 6.07) is 13.9. The predicted molar refractivity (Wildman–Crippen MR) is 126 cm³/mol. The average Bonchev–Trinajstić information content (AvgIpc) is 2.89. The number of fused-ring (bicyclic) bond motifs is 2. The lowest BCUT2D eigenvalue weighted by atomic mass is 9.89. The molecule has 0 unspecified atom stereocenters. The van der Waals surface area contributed by atoms with Crippen LogP contribution >= 0.6 is 0 Å². The number of rotatable bonds is 3. The topological polar surface area (TPSA) is 160 Å². The number of hydrogen-bond donors (Lipinski definition) is 1. The molecule has 0 fully saturated rings. The summed E-state index contributed by atoms with van der Waals surface area (Å²) in [5, 5.41) is 9.85. The standard InChI is InChI=1S/C12H10O4.C9H6O3.C5H8O4/c1-16-12(15)10-9(13)6-7-4-2-3-5-8(7)11(10)14;10-8-5-6-3-1-2-4-7(6)9(11)12-8;1-8-4(6)3-5(7)9-2/h2-5,14H,6H2,1H3;1-4H,5H2;3H2,1-2H3. The van der Waals surface area contributed by atoms with E-state index in [9.17, 15) is 33.9 Å². The van der Waals surface area contributed by atoms with Crippen LogP contribution in [-0.4, -0.2) is 62.1 Å². The van der Waals surface area contributed by atoms with Gasteiger partial charge in [0.1, 0.15) is 17.8 Å². The Labute approximate surface area is 211 Å². The molecular formula is C26H24O11. The average molecular weight is 512 g/mol. The lowest BCUT2D eigenvalue weighted by Gasteiger charge is -2.16. The first kappa shape index (κ1) is 28.4. The lowest BCUT2D eigenvalue weighted by Crippen LogP contribution is -2.22. The summed E-state index contributed by atoms with van der Waals surface area (Å²) in [6.45, 7) is 0. The monoisotopic (exact) mass is 512 g/mol. The number of aliphatic hydroxyl groups is 1. The minimum Gasteiger partial charge on any atom is -0.506 e. The fraction of sp³-hybridized carbons (Fsp3) is 0.231. The van der Waals surface area contributed by atoms with E-state index in [-0.39, 0.29) is 30.6 Å². The quantitative estimate of drug-likeness (QED) is 0.277. The second-order valence-corrected chi connectivity index (χ2v) is 7.40. The highest BCUT2D eigenvalue weighted by Crippen LogP contribution is 2.27. The first-order valence-corrected chi connectivity index (χ1v) is 10.7. The van der Waals surface area contributed by atoms with Gasteiger partial charge in [0.05, 0.1) is 33.3 Å². The minimum absolute atomic E-state index is 0.116. The Hall–Kier alpha value is -4.80. The molecule has 11 nitrogen and oxygen atoms in total. The zero-order valence-corrected chi connectivity index (χ0v) is 20.3. The van der Waals surface area contributed by atoms with Gasteiger partial charge in [-0.3, -0.25) is 19.2 Å². The molecule has 0 bridgehead atoms. The predicted octanol–water partition coefficient (Wildman–Crippen LogP) is 1.90. The zero-order chi connectivity index (χ0) is 27.5. The van der Waals surface area contributed by atoms with Crippen LogP contribution in [0.15, 0.2) is 54.1 Å². The third-order valence-electron chi connectivity index (χ3n) is 5.05. The Morgan fingerprint density at radius 2 is 1.30 bits per heavy atom. The van der Waals surface area contributed by atoms with Gasteiger partial charge in [-0.25, -0.2) is 9.59 Å². The maximum absolute atomic E-state index is 11.6. The van der Waals surface area contributed by atoms with Gasteiger partial charge in [-0.1, -0.05) is 42.5 Å². The molecule has 4 rings (SSSR count). The zero-order valence-electron chi connectivity index (χ0n) is 20.3. The molecule has 1 aliphatic heterocycles. The van der Waals surface area contributed by atoms with E-state index in [0.29, 0.717) is 11.1 Å². The fourth-order valence-corrected chi connectivity index (χ4v) is 3.23. The Balaban J connectivity index is 0.000000205. The second-order valence-electron chi connectivity index (χ2n) is 7.40. The van der Waals surface area contributed by atoms with Gasteiger partial charge < -0.3 is 24.1 Å². The third-order valence-corrected chi connectivity index (χ3v) is 5.05. The highest BCUT2D eigenvalue weighted by molar-refractivity contribution is 6.23. The van der Waals surface area contributed by atoms with E-state index in [1.165, 1.54) is 21.3 Å². The summed E-state index contributed by atoms with van der Waals surface area (Å²) in [5.41, 5.74) is 2.22. The van der Waals surface area contributed by atoms with Crippen molar-refractivity contribution in [1.82, 2.24) is 0 Å². The Kier molecular flexibility index (Phi) is 10.2. The van der Waals surface area contributed by atoms with Gasteiger partial charge in [0, 0.05) is 12.0 Å². The van der Waals surface area contributed by atoms with Crippen LogP contribution in [0.2, 0.25) is 0 Å². The van der Waals surface area contributed by atoms with Gasteiger partial charge in [-0.15, -0.1) is 0 Å². The Bertz CT molecular complexity index is 1240. The van der Waals surface area contributed by atoms with Gasteiger partial charge >= 0.3 is 29.8 Å². The van der Waals surface area contributed by atoms with Crippen molar-refractivity contribution in [2.45, 2.75) is 19.3 Å². The lowest BCUT2D eigenvalue weighted by molar-refractivity contribution is -0.151. The number of carbonyl (C=O) groups excluding carboxylic acids is 6. The van der Waals surface area contributed by atoms with E-state index in [1.807, 2.05) is 0 Å². The van der Waals surface area contributed by atoms with Crippen LogP contribution in [0.25, 0.3) is 5.76 Å². The highest BCUT2D eigenvalue weighted by Gasteiger charge is 2.30. The van der Waals surface area contributed by atoms with Crippen molar-refractivity contribution in [3.05, 3.63) is 76.4 Å². The summed E-state index contributed by atoms with van der Waals surface area (Å²) in [4.78, 5) is 65.3. The maximum Gasteiger partial charge on any atom is 0.346 e. The van der Waals surface area contributed by atoms with Crippen LogP contribution in [0.4, 0.5) is 0 Å². The molecule has 1 aliphatic carbocycles. The summed E-state index contributed by atoms with van der Waals surface area (Å²) in [7, 11) is 3.60. The van der Waals surface area contributed by atoms with Crippen LogP contribution < -0.4 is 0 Å². The number of aliphatic hydroxyl groups excluding tert-OH is 1. The highest BCUT2D eigenvalue weighted by atomic mass is 16.6. The molecule has 1 N–H and O–H groups in total. The molecule has 0 spiro atoms. The number of ketones is 1. The second kappa shape index (κ2) is 13.3. The molecule has 1 heterocycles. The molecule has 11 heteroatoms. The number of esters is 5. The molecule has 0 amide bonds. The van der Waals surface area contributed by atoms with Crippen molar-refractivity contribution in [2.75, 3.05) is 21.3 Å². The normalized spacial score (nSPS) is 13.3. The van der Waals surface area contributed by atoms with Crippen molar-refractivity contribution in [1.29, 1.82) is 0 Å². The van der Waals surface area contributed by atoms with Crippen molar-refractivity contribution in [3.8, 4) is 0 Å². The summed E-state index contributed by atoms with van der Waals surface area (Å²) in [6.07, 6.45) is -0.000417. The summed E-state index contributed by atoms with van der Waals surface area (Å²) >= 11 is 0. The van der Waals surface area contributed by atoms with Crippen LogP contribution in [-0.2, 0) is 55.8 Å². The van der Waals surface area contributed by atoms with Crippen molar-refractivity contribution in [3.63, 3.8) is 0 Å². The molecule has 2 aromatic carbocycles. The number of ether oxygens (including phenoxy) is 4. The third kappa shape index (κ3) is 7.59. The molecule has 0 radical (unpaired) electrons. The number of hydrogen-bond acceptors (Lipinski definition) is 11. The first-order valence-electron chi connectivity index (χ1n) is 10.7. The van der Waals surface area contributed by atoms with E-state index < -0.39 is 35.6 Å². The van der Waals surface area contributed by atoms with Crippen LogP contribution in [0.5, 0.6) is 0 Å². The van der Waals surface area contributed by atoms with Crippen molar-refractivity contribution >= 4 is 41.4 Å². The molecule has 37 heavy (non-hydrogen) atoms. The minimum atomic E-state index is -0.794. The molecular weight excluding hydrogens is 488 g/mol. The Morgan fingerprint density at radius 3 is 1.84 bits per heavy atom. The van der Waals surface area contributed by atoms with Crippen LogP contribution in [0.3, 0.4) is 0 Å². The largest absolute Gasteiger partial charge is 0.506 e. The molecule has 0 saturated heterocycles. The van der Waals surface area contributed by atoms with E-state index in [4.69, 9.17) is 0 Å². The number of benzene rings is 2. The molecule has 0 saturated carbocycles. The van der Waals surface area contributed by atoms with Crippen LogP contribution in [0.1, 0.15) is 33.5 Å². The maximum atomic E-state index is 11.6. The molecule has 0 aromatic heterocycles. The first-order chi connectivity index (χ1) is 17.6. The van der Waals surface area contributed by atoms with Crippen molar-refractivity contribution < 1.29 is 52.8 Å². The molecule has 194 valence electrons. The van der Waals surface area contributed by atoms with E-state index in [1.54, 1.807) is 48.5 Å². The van der Waals surface area contributed by atoms with Gasteiger partial charge in [-0.2, -0.15) is 0 Å².